The number of urea groups is 1. The van der Waals surface area contributed by atoms with Crippen LogP contribution in [-0.4, -0.2) is 46.3 Å². The van der Waals surface area contributed by atoms with Gasteiger partial charge in [-0.15, -0.1) is 0 Å². The molecule has 0 aliphatic carbocycles. The molecule has 0 spiro atoms. The zero-order valence-corrected chi connectivity index (χ0v) is 19.2. The van der Waals surface area contributed by atoms with E-state index in [2.05, 4.69) is 15.3 Å². The number of H-pyrrole nitrogens is 1. The summed E-state index contributed by atoms with van der Waals surface area (Å²) in [5.41, 5.74) is 24.6. The number of carbonyl (C=O) groups is 3. The van der Waals surface area contributed by atoms with Gasteiger partial charge in [0.2, 0.25) is 5.91 Å². The Bertz CT molecular complexity index is 1210. The minimum absolute atomic E-state index is 0.0430. The number of rotatable bonds is 11. The molecular formula is C24H30N8O3. The Morgan fingerprint density at radius 1 is 0.971 bits per heavy atom. The molecule has 0 fully saturated rings. The summed E-state index contributed by atoms with van der Waals surface area (Å²) in [7, 11) is 0. The summed E-state index contributed by atoms with van der Waals surface area (Å²) in [6.45, 7) is 0.741. The van der Waals surface area contributed by atoms with Gasteiger partial charge < -0.3 is 38.1 Å². The first-order valence-electron chi connectivity index (χ1n) is 11.1. The van der Waals surface area contributed by atoms with E-state index in [0.717, 1.165) is 22.0 Å². The van der Waals surface area contributed by atoms with Gasteiger partial charge in [0, 0.05) is 42.3 Å². The number of nitrogens with two attached hydrogens (primary N) is 4. The molecule has 11 nitrogen and oxygen atoms in total. The zero-order chi connectivity index (χ0) is 25.4. The first kappa shape index (κ1) is 25.1. The molecule has 0 radical (unpaired) electrons. The maximum absolute atomic E-state index is 13.8. The van der Waals surface area contributed by atoms with Crippen molar-refractivity contribution in [1.29, 1.82) is 0 Å². The molecule has 0 unspecified atom stereocenters. The number of guanidine groups is 1. The molecule has 3 aromatic rings. The summed E-state index contributed by atoms with van der Waals surface area (Å²) in [4.78, 5) is 45.7. The van der Waals surface area contributed by atoms with Gasteiger partial charge in [-0.1, -0.05) is 30.3 Å². The molecule has 4 amide bonds. The van der Waals surface area contributed by atoms with Crippen LogP contribution in [-0.2, 0) is 17.9 Å². The third kappa shape index (κ3) is 6.73. The number of benzene rings is 2. The smallest absolute Gasteiger partial charge is 0.312 e. The summed E-state index contributed by atoms with van der Waals surface area (Å²) < 4.78 is 0. The van der Waals surface area contributed by atoms with Crippen LogP contribution in [0.2, 0.25) is 0 Å². The normalized spacial score (nSPS) is 11.5. The average Bonchev–Trinajstić information content (AvgIpc) is 3.30. The number of carbonyl (C=O) groups excluding carboxylic acids is 3. The maximum Gasteiger partial charge on any atom is 0.312 e. The Morgan fingerprint density at radius 3 is 2.34 bits per heavy atom. The lowest BCUT2D eigenvalue weighted by Crippen LogP contribution is -2.47. The zero-order valence-electron chi connectivity index (χ0n) is 19.2. The standard InChI is InChI=1S/C24H30N8O3/c25-21(33)20(5-2-11-30-23(26)27)32(14-16-8-6-15(7-9-16)13-31-24(28)35)22(34)18-3-1-4-19-17(18)10-12-29-19/h1,3-4,6-10,12,20,29H,2,5,11,13-14H2,(H2,25,33)(H4,26,27,30)(H3,28,31,35)/t20-/m1/s1. The highest BCUT2D eigenvalue weighted by Crippen LogP contribution is 2.23. The van der Waals surface area contributed by atoms with Crippen LogP contribution in [0.3, 0.4) is 0 Å². The van der Waals surface area contributed by atoms with E-state index < -0.39 is 18.0 Å². The van der Waals surface area contributed by atoms with Crippen LogP contribution >= 0.6 is 0 Å². The van der Waals surface area contributed by atoms with Crippen LogP contribution in [0.4, 0.5) is 4.79 Å². The molecule has 0 saturated heterocycles. The molecule has 3 rings (SSSR count). The Labute approximate surface area is 202 Å². The highest BCUT2D eigenvalue weighted by molar-refractivity contribution is 6.07. The van der Waals surface area contributed by atoms with E-state index in [0.29, 0.717) is 24.9 Å². The molecule has 1 heterocycles. The third-order valence-corrected chi connectivity index (χ3v) is 5.56. The number of nitrogens with one attached hydrogen (secondary N) is 2. The van der Waals surface area contributed by atoms with Crippen molar-refractivity contribution < 1.29 is 14.4 Å². The topological polar surface area (TPSA) is 199 Å². The second kappa shape index (κ2) is 11.5. The van der Waals surface area contributed by atoms with Gasteiger partial charge in [-0.25, -0.2) is 4.79 Å². The Balaban J connectivity index is 1.90. The van der Waals surface area contributed by atoms with Crippen LogP contribution in [0.1, 0.15) is 34.3 Å². The van der Waals surface area contributed by atoms with E-state index in [1.165, 1.54) is 4.90 Å². The minimum atomic E-state index is -0.873. The number of aliphatic imine (C=N–C) groups is 1. The number of hydrogen-bond donors (Lipinski definition) is 6. The van der Waals surface area contributed by atoms with Gasteiger partial charge in [0.1, 0.15) is 6.04 Å². The quantitative estimate of drug-likeness (QED) is 0.135. The molecule has 184 valence electrons. The fourth-order valence-corrected chi connectivity index (χ4v) is 3.84. The van der Waals surface area contributed by atoms with Gasteiger partial charge in [-0.05, 0) is 42.2 Å². The van der Waals surface area contributed by atoms with Crippen LogP contribution < -0.4 is 28.3 Å². The van der Waals surface area contributed by atoms with Crippen LogP contribution in [0.25, 0.3) is 10.9 Å². The average molecular weight is 479 g/mol. The van der Waals surface area contributed by atoms with Crippen LogP contribution in [0.5, 0.6) is 0 Å². The predicted octanol–water partition coefficient (Wildman–Crippen LogP) is 0.886. The lowest BCUT2D eigenvalue weighted by molar-refractivity contribution is -0.122. The van der Waals surface area contributed by atoms with Gasteiger partial charge >= 0.3 is 6.03 Å². The Kier molecular flexibility index (Phi) is 8.28. The van der Waals surface area contributed by atoms with Crippen molar-refractivity contribution in [2.45, 2.75) is 32.0 Å². The largest absolute Gasteiger partial charge is 0.370 e. The van der Waals surface area contributed by atoms with Gasteiger partial charge in [-0.3, -0.25) is 14.6 Å². The van der Waals surface area contributed by atoms with E-state index in [1.807, 2.05) is 36.4 Å². The summed E-state index contributed by atoms with van der Waals surface area (Å²) in [5.74, 6) is -0.981. The summed E-state index contributed by atoms with van der Waals surface area (Å²) in [5, 5.41) is 3.28. The van der Waals surface area contributed by atoms with Crippen molar-refractivity contribution in [1.82, 2.24) is 15.2 Å². The Hall–Kier alpha value is -4.54. The fraction of sp³-hybridized carbons (Fsp3) is 0.250. The summed E-state index contributed by atoms with van der Waals surface area (Å²) >= 11 is 0. The molecule has 0 bridgehead atoms. The SMILES string of the molecule is NC(=O)NCc1ccc(CN(C(=O)c2cccc3[nH]ccc23)[C@H](CCCN=C(N)N)C(N)=O)cc1. The fourth-order valence-electron chi connectivity index (χ4n) is 3.84. The number of hydrogen-bond acceptors (Lipinski definition) is 4. The molecule has 35 heavy (non-hydrogen) atoms. The number of aromatic nitrogens is 1. The molecular weight excluding hydrogens is 448 g/mol. The van der Waals surface area contributed by atoms with E-state index >= 15 is 0 Å². The number of primary amides is 2. The van der Waals surface area contributed by atoms with E-state index in [-0.39, 0.29) is 25.0 Å². The minimum Gasteiger partial charge on any atom is -0.370 e. The molecule has 0 aliphatic heterocycles. The molecule has 11 heteroatoms. The summed E-state index contributed by atoms with van der Waals surface area (Å²) in [6.07, 6.45) is 2.51. The van der Waals surface area contributed by atoms with Crippen molar-refractivity contribution >= 4 is 34.7 Å². The number of aromatic amines is 1. The summed E-state index contributed by atoms with van der Waals surface area (Å²) in [6, 6.07) is 13.0. The molecule has 0 saturated carbocycles. The molecule has 10 N–H and O–H groups in total. The number of fused-ring (bicyclic) bond motifs is 1. The lowest BCUT2D eigenvalue weighted by atomic mass is 10.0. The second-order valence-corrected chi connectivity index (χ2v) is 8.08. The molecule has 1 atom stereocenters. The highest BCUT2D eigenvalue weighted by Gasteiger charge is 2.30. The van der Waals surface area contributed by atoms with Crippen molar-refractivity contribution in [3.63, 3.8) is 0 Å². The first-order valence-corrected chi connectivity index (χ1v) is 11.1. The Morgan fingerprint density at radius 2 is 1.69 bits per heavy atom. The van der Waals surface area contributed by atoms with Crippen molar-refractivity contribution in [2.75, 3.05) is 6.54 Å². The molecule has 1 aromatic heterocycles. The predicted molar refractivity (Wildman–Crippen MR) is 134 cm³/mol. The second-order valence-electron chi connectivity index (χ2n) is 8.08. The number of amides is 4. The third-order valence-electron chi connectivity index (χ3n) is 5.56. The van der Waals surface area contributed by atoms with Gasteiger partial charge in [0.25, 0.3) is 5.91 Å². The first-order chi connectivity index (χ1) is 16.8. The van der Waals surface area contributed by atoms with Gasteiger partial charge in [0.15, 0.2) is 5.96 Å². The van der Waals surface area contributed by atoms with E-state index in [4.69, 9.17) is 22.9 Å². The van der Waals surface area contributed by atoms with Gasteiger partial charge in [0.05, 0.1) is 0 Å². The van der Waals surface area contributed by atoms with Crippen molar-refractivity contribution in [3.05, 3.63) is 71.4 Å². The van der Waals surface area contributed by atoms with Gasteiger partial charge in [-0.2, -0.15) is 0 Å². The lowest BCUT2D eigenvalue weighted by Gasteiger charge is -2.30. The highest BCUT2D eigenvalue weighted by atomic mass is 16.2. The van der Waals surface area contributed by atoms with E-state index in [9.17, 15) is 14.4 Å². The molecule has 0 aliphatic rings. The number of nitrogens with zero attached hydrogens (tertiary/aromatic N) is 2. The van der Waals surface area contributed by atoms with E-state index in [1.54, 1.807) is 18.3 Å². The van der Waals surface area contributed by atoms with Crippen molar-refractivity contribution in [2.24, 2.45) is 27.9 Å². The molecule has 2 aromatic carbocycles. The van der Waals surface area contributed by atoms with Crippen LogP contribution in [0, 0.1) is 0 Å². The van der Waals surface area contributed by atoms with Crippen LogP contribution in [0.15, 0.2) is 59.7 Å². The monoisotopic (exact) mass is 478 g/mol. The maximum atomic E-state index is 13.8. The van der Waals surface area contributed by atoms with Crippen molar-refractivity contribution in [3.8, 4) is 0 Å².